The summed E-state index contributed by atoms with van der Waals surface area (Å²) in [4.78, 5) is 13.6. The Hall–Kier alpha value is -1.63. The van der Waals surface area contributed by atoms with Gasteiger partial charge in [0.2, 0.25) is 0 Å². The van der Waals surface area contributed by atoms with Crippen LogP contribution in [0.25, 0.3) is 11.0 Å². The minimum Gasteiger partial charge on any atom is -0.355 e. The van der Waals surface area contributed by atoms with Crippen LogP contribution in [-0.2, 0) is 9.84 Å². The molecule has 2 aromatic heterocycles. The third-order valence-electron chi connectivity index (χ3n) is 3.63. The fourth-order valence-corrected chi connectivity index (χ4v) is 4.37. The van der Waals surface area contributed by atoms with E-state index >= 15 is 0 Å². The standard InChI is InChI=1S/C12H16N4O2S/c1-8-5-10-11(15-8)13-7-14-12(10)16(2)9-3-4-19(17,18)6-9/h5,7,9H,3-4,6H2,1-2H3,(H,13,14,15). The van der Waals surface area contributed by atoms with Gasteiger partial charge in [-0.25, -0.2) is 18.4 Å². The number of nitrogens with zero attached hydrogens (tertiary/aromatic N) is 3. The monoisotopic (exact) mass is 280 g/mol. The minimum absolute atomic E-state index is 0.00157. The van der Waals surface area contributed by atoms with Crippen LogP contribution in [0.15, 0.2) is 12.4 Å². The number of rotatable bonds is 2. The van der Waals surface area contributed by atoms with Crippen LogP contribution in [0, 0.1) is 6.92 Å². The fourth-order valence-electron chi connectivity index (χ4n) is 2.59. The summed E-state index contributed by atoms with van der Waals surface area (Å²) in [5.74, 6) is 1.26. The van der Waals surface area contributed by atoms with Gasteiger partial charge in [-0.05, 0) is 19.4 Å². The molecule has 1 saturated heterocycles. The smallest absolute Gasteiger partial charge is 0.152 e. The van der Waals surface area contributed by atoms with Gasteiger partial charge in [-0.15, -0.1) is 0 Å². The Balaban J connectivity index is 2.00. The number of anilines is 1. The molecule has 3 heterocycles. The van der Waals surface area contributed by atoms with Gasteiger partial charge in [0.25, 0.3) is 0 Å². The molecule has 0 radical (unpaired) electrons. The molecule has 0 bridgehead atoms. The van der Waals surface area contributed by atoms with Crippen molar-refractivity contribution < 1.29 is 8.42 Å². The van der Waals surface area contributed by atoms with Crippen molar-refractivity contribution in [3.05, 3.63) is 18.1 Å². The van der Waals surface area contributed by atoms with E-state index in [2.05, 4.69) is 15.0 Å². The maximum absolute atomic E-state index is 11.6. The predicted molar refractivity (Wildman–Crippen MR) is 74.1 cm³/mol. The predicted octanol–water partition coefficient (Wildman–Crippen LogP) is 0.890. The Morgan fingerprint density at radius 1 is 1.42 bits per heavy atom. The van der Waals surface area contributed by atoms with E-state index in [0.717, 1.165) is 22.5 Å². The van der Waals surface area contributed by atoms with E-state index in [4.69, 9.17) is 0 Å². The summed E-state index contributed by atoms with van der Waals surface area (Å²) in [6.07, 6.45) is 2.17. The van der Waals surface area contributed by atoms with Crippen LogP contribution in [-0.4, -0.2) is 48.0 Å². The Kier molecular flexibility index (Phi) is 2.74. The zero-order chi connectivity index (χ0) is 13.6. The number of hydrogen-bond acceptors (Lipinski definition) is 5. The molecule has 0 amide bonds. The first-order valence-electron chi connectivity index (χ1n) is 6.20. The Morgan fingerprint density at radius 3 is 2.89 bits per heavy atom. The van der Waals surface area contributed by atoms with E-state index in [1.807, 2.05) is 24.9 Å². The molecule has 1 aliphatic heterocycles. The first-order valence-corrected chi connectivity index (χ1v) is 8.02. The van der Waals surface area contributed by atoms with E-state index in [1.54, 1.807) is 0 Å². The van der Waals surface area contributed by atoms with E-state index in [-0.39, 0.29) is 17.5 Å². The van der Waals surface area contributed by atoms with E-state index in [1.165, 1.54) is 6.33 Å². The number of sulfone groups is 1. The van der Waals surface area contributed by atoms with Crippen molar-refractivity contribution in [3.8, 4) is 0 Å². The van der Waals surface area contributed by atoms with Crippen LogP contribution >= 0.6 is 0 Å². The largest absolute Gasteiger partial charge is 0.355 e. The number of aromatic nitrogens is 3. The first kappa shape index (κ1) is 12.4. The molecule has 102 valence electrons. The van der Waals surface area contributed by atoms with Crippen molar-refractivity contribution in [2.45, 2.75) is 19.4 Å². The number of fused-ring (bicyclic) bond motifs is 1. The van der Waals surface area contributed by atoms with Crippen molar-refractivity contribution in [2.75, 3.05) is 23.5 Å². The molecule has 1 atom stereocenters. The lowest BCUT2D eigenvalue weighted by Gasteiger charge is -2.24. The van der Waals surface area contributed by atoms with Crippen LogP contribution in [0.4, 0.5) is 5.82 Å². The molecular formula is C12H16N4O2S. The van der Waals surface area contributed by atoms with Crippen LogP contribution in [0.2, 0.25) is 0 Å². The third-order valence-corrected chi connectivity index (χ3v) is 5.38. The Bertz CT molecular complexity index is 722. The summed E-state index contributed by atoms with van der Waals surface area (Å²) < 4.78 is 23.2. The topological polar surface area (TPSA) is 79.0 Å². The normalized spacial score (nSPS) is 21.9. The van der Waals surface area contributed by atoms with E-state index in [0.29, 0.717) is 6.42 Å². The highest BCUT2D eigenvalue weighted by atomic mass is 32.2. The maximum atomic E-state index is 11.6. The van der Waals surface area contributed by atoms with Gasteiger partial charge < -0.3 is 9.88 Å². The second-order valence-electron chi connectivity index (χ2n) is 5.08. The maximum Gasteiger partial charge on any atom is 0.152 e. The zero-order valence-corrected chi connectivity index (χ0v) is 11.7. The third kappa shape index (κ3) is 2.18. The molecule has 0 aromatic carbocycles. The molecule has 1 fully saturated rings. The van der Waals surface area contributed by atoms with Crippen molar-refractivity contribution in [3.63, 3.8) is 0 Å². The molecule has 0 saturated carbocycles. The van der Waals surface area contributed by atoms with Gasteiger partial charge in [0.15, 0.2) is 9.84 Å². The lowest BCUT2D eigenvalue weighted by molar-refractivity contribution is 0.600. The van der Waals surface area contributed by atoms with Crippen molar-refractivity contribution in [1.82, 2.24) is 15.0 Å². The Labute approximate surface area is 111 Å². The fraction of sp³-hybridized carbons (Fsp3) is 0.500. The number of hydrogen-bond donors (Lipinski definition) is 1. The van der Waals surface area contributed by atoms with Gasteiger partial charge in [0.05, 0.1) is 16.9 Å². The number of H-pyrrole nitrogens is 1. The van der Waals surface area contributed by atoms with Gasteiger partial charge >= 0.3 is 0 Å². The zero-order valence-electron chi connectivity index (χ0n) is 10.9. The van der Waals surface area contributed by atoms with Crippen LogP contribution in [0.5, 0.6) is 0 Å². The van der Waals surface area contributed by atoms with Crippen molar-refractivity contribution in [1.29, 1.82) is 0 Å². The summed E-state index contributed by atoms with van der Waals surface area (Å²) in [6, 6.07) is 1.99. The van der Waals surface area contributed by atoms with E-state index < -0.39 is 9.84 Å². The highest BCUT2D eigenvalue weighted by Gasteiger charge is 2.31. The van der Waals surface area contributed by atoms with Crippen molar-refractivity contribution >= 4 is 26.7 Å². The van der Waals surface area contributed by atoms with E-state index in [9.17, 15) is 8.42 Å². The summed E-state index contributed by atoms with van der Waals surface area (Å²) in [5.41, 5.74) is 1.80. The molecule has 1 aliphatic rings. The van der Waals surface area contributed by atoms with Gasteiger partial charge in [0.1, 0.15) is 17.8 Å². The quantitative estimate of drug-likeness (QED) is 0.883. The second-order valence-corrected chi connectivity index (χ2v) is 7.31. The molecular weight excluding hydrogens is 264 g/mol. The average molecular weight is 280 g/mol. The van der Waals surface area contributed by atoms with Gasteiger partial charge in [-0.2, -0.15) is 0 Å². The lowest BCUT2D eigenvalue weighted by atomic mass is 10.2. The van der Waals surface area contributed by atoms with Gasteiger partial charge in [-0.1, -0.05) is 0 Å². The highest BCUT2D eigenvalue weighted by Crippen LogP contribution is 2.27. The molecule has 19 heavy (non-hydrogen) atoms. The number of aromatic amines is 1. The molecule has 2 aromatic rings. The molecule has 3 rings (SSSR count). The van der Waals surface area contributed by atoms with Gasteiger partial charge in [-0.3, -0.25) is 0 Å². The van der Waals surface area contributed by atoms with Crippen LogP contribution in [0.3, 0.4) is 0 Å². The summed E-state index contributed by atoms with van der Waals surface area (Å²) in [6.45, 7) is 1.96. The van der Waals surface area contributed by atoms with Crippen LogP contribution < -0.4 is 4.90 Å². The average Bonchev–Trinajstić information content (AvgIpc) is 2.89. The second kappa shape index (κ2) is 4.19. The summed E-state index contributed by atoms with van der Waals surface area (Å²) in [5, 5.41) is 0.937. The first-order chi connectivity index (χ1) is 8.96. The molecule has 0 spiro atoms. The number of aryl methyl sites for hydroxylation is 1. The molecule has 1 unspecified atom stereocenters. The molecule has 7 heteroatoms. The SMILES string of the molecule is Cc1cc2c(N(C)C3CCS(=O)(=O)C3)ncnc2[nH]1. The molecule has 1 N–H and O–H groups in total. The highest BCUT2D eigenvalue weighted by molar-refractivity contribution is 7.91. The number of nitrogens with one attached hydrogen (secondary N) is 1. The van der Waals surface area contributed by atoms with Crippen LogP contribution in [0.1, 0.15) is 12.1 Å². The van der Waals surface area contributed by atoms with Crippen molar-refractivity contribution in [2.24, 2.45) is 0 Å². The summed E-state index contributed by atoms with van der Waals surface area (Å²) >= 11 is 0. The Morgan fingerprint density at radius 2 is 2.21 bits per heavy atom. The van der Waals surface area contributed by atoms with Gasteiger partial charge in [0, 0.05) is 18.8 Å². The lowest BCUT2D eigenvalue weighted by Crippen LogP contribution is -2.33. The molecule has 0 aliphatic carbocycles. The summed E-state index contributed by atoms with van der Waals surface area (Å²) in [7, 11) is -0.991. The molecule has 6 nitrogen and oxygen atoms in total. The minimum atomic E-state index is -2.89.